The van der Waals surface area contributed by atoms with Gasteiger partial charge in [-0.3, -0.25) is 9.69 Å². The van der Waals surface area contributed by atoms with E-state index in [9.17, 15) is 4.79 Å². The Morgan fingerprint density at radius 1 is 1.05 bits per heavy atom. The van der Waals surface area contributed by atoms with Gasteiger partial charge in [0.25, 0.3) is 0 Å². The van der Waals surface area contributed by atoms with Crippen LogP contribution in [-0.4, -0.2) is 29.4 Å². The highest BCUT2D eigenvalue weighted by molar-refractivity contribution is 5.81. The number of fused-ring (bicyclic) bond motifs is 3. The lowest BCUT2D eigenvalue weighted by Gasteiger charge is -2.42. The van der Waals surface area contributed by atoms with Crippen molar-refractivity contribution < 1.29 is 9.53 Å². The number of rotatable bonds is 1. The van der Waals surface area contributed by atoms with E-state index in [2.05, 4.69) is 23.1 Å². The van der Waals surface area contributed by atoms with Gasteiger partial charge in [0.2, 0.25) is 0 Å². The molecule has 2 saturated heterocycles. The van der Waals surface area contributed by atoms with E-state index in [1.807, 2.05) is 6.07 Å². The standard InChI is InChI=1S/C16H19NO2/c18-13-9-11-5-6-12(10-13)17(11)15-7-8-19-16-4-2-1-3-14(15)16/h1-4,11-12,15H,5-10H2. The van der Waals surface area contributed by atoms with Crippen LogP contribution >= 0.6 is 0 Å². The van der Waals surface area contributed by atoms with Crippen LogP contribution in [0, 0.1) is 0 Å². The van der Waals surface area contributed by atoms with Crippen molar-refractivity contribution in [2.45, 2.75) is 50.2 Å². The highest BCUT2D eigenvalue weighted by atomic mass is 16.5. The van der Waals surface area contributed by atoms with Crippen LogP contribution < -0.4 is 4.74 Å². The van der Waals surface area contributed by atoms with Gasteiger partial charge in [-0.2, -0.15) is 0 Å². The lowest BCUT2D eigenvalue weighted by atomic mass is 9.92. The minimum atomic E-state index is 0.454. The molecule has 3 aliphatic rings. The normalized spacial score (nSPS) is 33.9. The molecule has 3 unspecified atom stereocenters. The SMILES string of the molecule is O=C1CC2CCC(C1)N2C1CCOc2ccccc21. The first-order valence-electron chi connectivity index (χ1n) is 7.34. The average molecular weight is 257 g/mol. The van der Waals surface area contributed by atoms with Crippen LogP contribution in [0.5, 0.6) is 5.75 Å². The number of Topliss-reactive ketones (excluding diaryl/α,β-unsaturated/α-hetero) is 1. The van der Waals surface area contributed by atoms with Gasteiger partial charge in [0.05, 0.1) is 6.61 Å². The molecule has 0 N–H and O–H groups in total. The first-order chi connectivity index (χ1) is 9.33. The summed E-state index contributed by atoms with van der Waals surface area (Å²) in [6, 6.07) is 9.79. The van der Waals surface area contributed by atoms with Gasteiger partial charge in [-0.25, -0.2) is 0 Å². The molecule has 0 saturated carbocycles. The minimum Gasteiger partial charge on any atom is -0.493 e. The molecule has 3 aliphatic heterocycles. The van der Waals surface area contributed by atoms with Gasteiger partial charge >= 0.3 is 0 Å². The molecule has 2 bridgehead atoms. The van der Waals surface area contributed by atoms with E-state index in [0.717, 1.165) is 31.6 Å². The molecule has 2 fully saturated rings. The van der Waals surface area contributed by atoms with Gasteiger partial charge in [-0.05, 0) is 18.9 Å². The molecule has 3 atom stereocenters. The van der Waals surface area contributed by atoms with E-state index in [1.54, 1.807) is 0 Å². The first-order valence-corrected chi connectivity index (χ1v) is 7.34. The third kappa shape index (κ3) is 1.79. The van der Waals surface area contributed by atoms with Crippen LogP contribution in [0.3, 0.4) is 0 Å². The number of hydrogen-bond donors (Lipinski definition) is 0. The van der Waals surface area contributed by atoms with E-state index in [-0.39, 0.29) is 0 Å². The number of hydrogen-bond acceptors (Lipinski definition) is 3. The van der Waals surface area contributed by atoms with Crippen molar-refractivity contribution in [1.29, 1.82) is 0 Å². The lowest BCUT2D eigenvalue weighted by molar-refractivity contribution is -0.124. The predicted octanol–water partition coefficient (Wildman–Crippen LogP) is 2.71. The smallest absolute Gasteiger partial charge is 0.136 e. The molecular weight excluding hydrogens is 238 g/mol. The number of para-hydroxylation sites is 1. The maximum Gasteiger partial charge on any atom is 0.136 e. The maximum atomic E-state index is 11.7. The van der Waals surface area contributed by atoms with Crippen LogP contribution in [0.4, 0.5) is 0 Å². The molecule has 0 radical (unpaired) electrons. The van der Waals surface area contributed by atoms with E-state index in [4.69, 9.17) is 4.74 Å². The number of piperidine rings is 1. The highest BCUT2D eigenvalue weighted by Gasteiger charge is 2.44. The van der Waals surface area contributed by atoms with Gasteiger partial charge in [0, 0.05) is 43.0 Å². The summed E-state index contributed by atoms with van der Waals surface area (Å²) in [5.41, 5.74) is 1.32. The van der Waals surface area contributed by atoms with Gasteiger partial charge in [-0.15, -0.1) is 0 Å². The molecule has 0 aliphatic carbocycles. The van der Waals surface area contributed by atoms with Crippen LogP contribution in [0.15, 0.2) is 24.3 Å². The third-order valence-corrected chi connectivity index (χ3v) is 4.89. The first kappa shape index (κ1) is 11.5. The van der Waals surface area contributed by atoms with Crippen molar-refractivity contribution >= 4 is 5.78 Å². The Bertz CT molecular complexity index is 497. The third-order valence-electron chi connectivity index (χ3n) is 4.89. The van der Waals surface area contributed by atoms with Crippen molar-refractivity contribution in [3.63, 3.8) is 0 Å². The van der Waals surface area contributed by atoms with E-state index in [0.29, 0.717) is 23.9 Å². The number of benzene rings is 1. The molecule has 19 heavy (non-hydrogen) atoms. The molecule has 0 spiro atoms. The van der Waals surface area contributed by atoms with Crippen molar-refractivity contribution in [3.8, 4) is 5.75 Å². The zero-order chi connectivity index (χ0) is 12.8. The van der Waals surface area contributed by atoms with Crippen LogP contribution in [0.25, 0.3) is 0 Å². The summed E-state index contributed by atoms with van der Waals surface area (Å²) in [6.45, 7) is 0.797. The number of nitrogens with zero attached hydrogens (tertiary/aromatic N) is 1. The second kappa shape index (κ2) is 4.34. The predicted molar refractivity (Wildman–Crippen MR) is 72.2 cm³/mol. The topological polar surface area (TPSA) is 29.5 Å². The molecule has 0 amide bonds. The molecule has 100 valence electrons. The van der Waals surface area contributed by atoms with Crippen LogP contribution in [-0.2, 0) is 4.79 Å². The Morgan fingerprint density at radius 3 is 2.58 bits per heavy atom. The molecule has 3 heterocycles. The summed E-state index contributed by atoms with van der Waals surface area (Å²) in [5, 5.41) is 0. The highest BCUT2D eigenvalue weighted by Crippen LogP contribution is 2.45. The summed E-state index contributed by atoms with van der Waals surface area (Å²) in [7, 11) is 0. The number of ether oxygens (including phenoxy) is 1. The Hall–Kier alpha value is -1.35. The van der Waals surface area contributed by atoms with E-state index in [1.165, 1.54) is 18.4 Å². The Kier molecular flexibility index (Phi) is 2.62. The molecular formula is C16H19NO2. The number of ketones is 1. The molecule has 4 rings (SSSR count). The summed E-state index contributed by atoms with van der Waals surface area (Å²) >= 11 is 0. The largest absolute Gasteiger partial charge is 0.493 e. The van der Waals surface area contributed by atoms with E-state index >= 15 is 0 Å². The van der Waals surface area contributed by atoms with Gasteiger partial charge in [0.1, 0.15) is 11.5 Å². The van der Waals surface area contributed by atoms with Crippen LogP contribution in [0.2, 0.25) is 0 Å². The summed E-state index contributed by atoms with van der Waals surface area (Å²) in [4.78, 5) is 14.4. The molecule has 3 nitrogen and oxygen atoms in total. The van der Waals surface area contributed by atoms with Gasteiger partial charge in [0.15, 0.2) is 0 Å². The minimum absolute atomic E-state index is 0.454. The zero-order valence-electron chi connectivity index (χ0n) is 11.0. The molecule has 3 heteroatoms. The Labute approximate surface area is 113 Å². The lowest BCUT2D eigenvalue weighted by Crippen LogP contribution is -2.46. The van der Waals surface area contributed by atoms with Crippen molar-refractivity contribution in [2.24, 2.45) is 0 Å². The summed E-state index contributed by atoms with van der Waals surface area (Å²) < 4.78 is 5.76. The van der Waals surface area contributed by atoms with E-state index < -0.39 is 0 Å². The molecule has 1 aromatic rings. The van der Waals surface area contributed by atoms with Gasteiger partial charge in [-0.1, -0.05) is 18.2 Å². The summed E-state index contributed by atoms with van der Waals surface area (Å²) in [5.74, 6) is 1.50. The fourth-order valence-electron chi connectivity index (χ4n) is 4.15. The van der Waals surface area contributed by atoms with Crippen molar-refractivity contribution in [1.82, 2.24) is 4.90 Å². The number of carbonyl (C=O) groups excluding carboxylic acids is 1. The fourth-order valence-corrected chi connectivity index (χ4v) is 4.15. The van der Waals surface area contributed by atoms with Crippen LogP contribution in [0.1, 0.15) is 43.7 Å². The molecule has 1 aromatic carbocycles. The zero-order valence-corrected chi connectivity index (χ0v) is 11.0. The van der Waals surface area contributed by atoms with Crippen molar-refractivity contribution in [2.75, 3.05) is 6.61 Å². The Morgan fingerprint density at radius 2 is 1.79 bits per heavy atom. The fraction of sp³-hybridized carbons (Fsp3) is 0.562. The average Bonchev–Trinajstić information content (AvgIpc) is 2.70. The maximum absolute atomic E-state index is 11.7. The molecule has 0 aromatic heterocycles. The Balaban J connectivity index is 1.69. The summed E-state index contributed by atoms with van der Waals surface area (Å²) in [6.07, 6.45) is 4.95. The quantitative estimate of drug-likeness (QED) is 0.774. The monoisotopic (exact) mass is 257 g/mol. The second-order valence-corrected chi connectivity index (χ2v) is 5.97. The number of carbonyl (C=O) groups is 1. The van der Waals surface area contributed by atoms with Gasteiger partial charge < -0.3 is 4.74 Å². The second-order valence-electron chi connectivity index (χ2n) is 5.97. The van der Waals surface area contributed by atoms with Crippen molar-refractivity contribution in [3.05, 3.63) is 29.8 Å².